The molecule has 0 radical (unpaired) electrons. The monoisotopic (exact) mass is 1310 g/mol. The number of carbonyl (C=O) groups excluding carboxylic acids is 3. The minimum Gasteiger partial charge on any atom is -0.489 e. The maximum absolute atomic E-state index is 12.3. The Bertz CT molecular complexity index is 2700. The second kappa shape index (κ2) is 31.5. The molecule has 6 heterocycles. The average Bonchev–Trinajstić information content (AvgIpc) is 3.47. The van der Waals surface area contributed by atoms with E-state index in [0.717, 1.165) is 86.5 Å². The van der Waals surface area contributed by atoms with Crippen LogP contribution in [0.4, 0.5) is 48.9 Å². The molecule has 9 rings (SSSR count). The number of rotatable bonds is 15. The zero-order chi connectivity index (χ0) is 57.7. The maximum Gasteiger partial charge on any atom is 0.325 e. The van der Waals surface area contributed by atoms with Gasteiger partial charge in [-0.15, -0.1) is 0 Å². The molecule has 3 atom stereocenters. The minimum atomic E-state index is -0.427. The molecule has 432 valence electrons. The molecule has 6 aromatic rings. The van der Waals surface area contributed by atoms with Crippen LogP contribution in [0.25, 0.3) is 0 Å². The van der Waals surface area contributed by atoms with E-state index in [9.17, 15) is 14.4 Å². The molecule has 3 fully saturated rings. The predicted octanol–water partition coefficient (Wildman–Crippen LogP) is 8.60. The van der Waals surface area contributed by atoms with Crippen molar-refractivity contribution in [3.05, 3.63) is 121 Å². The molecule has 0 spiro atoms. The normalized spacial score (nSPS) is 16.6. The van der Waals surface area contributed by atoms with Gasteiger partial charge in [-0.3, -0.25) is 30.9 Å². The van der Waals surface area contributed by atoms with Gasteiger partial charge < -0.3 is 60.3 Å². The quantitative estimate of drug-likeness (QED) is 0.0465. The van der Waals surface area contributed by atoms with Gasteiger partial charge in [-0.2, -0.15) is 0 Å². The third-order valence-electron chi connectivity index (χ3n) is 11.9. The second-order valence-corrected chi connectivity index (χ2v) is 21.2. The summed E-state index contributed by atoms with van der Waals surface area (Å²) in [5, 5.41) is 26.2. The van der Waals surface area contributed by atoms with Crippen molar-refractivity contribution in [1.82, 2.24) is 45.9 Å². The van der Waals surface area contributed by atoms with E-state index in [0.29, 0.717) is 91.4 Å². The average molecular weight is 1310 g/mol. The zero-order valence-electron chi connectivity index (χ0n) is 45.6. The first-order valence-corrected chi connectivity index (χ1v) is 28.3. The van der Waals surface area contributed by atoms with Gasteiger partial charge >= 0.3 is 18.1 Å². The smallest absolute Gasteiger partial charge is 0.325 e. The van der Waals surface area contributed by atoms with E-state index in [-0.39, 0.29) is 18.3 Å². The largest absolute Gasteiger partial charge is 0.489 e. The van der Waals surface area contributed by atoms with Gasteiger partial charge in [0.1, 0.15) is 55.4 Å². The number of hydrogen-bond acceptors (Lipinski definition) is 18. The van der Waals surface area contributed by atoms with Crippen LogP contribution in [0.5, 0.6) is 17.2 Å². The van der Waals surface area contributed by atoms with E-state index < -0.39 is 18.1 Å². The molecule has 3 saturated heterocycles. The van der Waals surface area contributed by atoms with Crippen molar-refractivity contribution in [2.24, 2.45) is 0 Å². The number of ether oxygens (including phenoxy) is 6. The number of nitrogens with one attached hydrogen (secondary N) is 9. The number of urea groups is 3. The molecule has 9 N–H and O–H groups in total. The van der Waals surface area contributed by atoms with Gasteiger partial charge in [0.15, 0.2) is 17.5 Å². The fraction of sp³-hybridized carbons (Fsp3) is 0.389. The van der Waals surface area contributed by atoms with Gasteiger partial charge in [0.2, 0.25) is 0 Å². The number of benzene rings is 3. The summed E-state index contributed by atoms with van der Waals surface area (Å²) >= 11 is 10.5. The molecule has 3 aromatic heterocycles. The summed E-state index contributed by atoms with van der Waals surface area (Å²) in [5.41, 5.74) is 6.99. The number of carbonyl (C=O) groups is 3. The second-order valence-electron chi connectivity index (χ2n) is 18.7. The van der Waals surface area contributed by atoms with E-state index in [1.54, 1.807) is 18.6 Å². The van der Waals surface area contributed by atoms with Gasteiger partial charge in [-0.25, -0.2) is 29.3 Å². The predicted molar refractivity (Wildman–Crippen MR) is 319 cm³/mol. The summed E-state index contributed by atoms with van der Waals surface area (Å²) in [6.45, 7) is 19.3. The summed E-state index contributed by atoms with van der Waals surface area (Å²) in [6, 6.07) is 9.78. The third-order valence-corrected chi connectivity index (χ3v) is 14.4. The lowest BCUT2D eigenvalue weighted by Crippen LogP contribution is -2.41. The zero-order valence-corrected chi connectivity index (χ0v) is 50.4. The fourth-order valence-corrected chi connectivity index (χ4v) is 8.56. The van der Waals surface area contributed by atoms with Crippen LogP contribution in [0.2, 0.25) is 0 Å². The summed E-state index contributed by atoms with van der Waals surface area (Å²) in [6.07, 6.45) is 9.22. The van der Waals surface area contributed by atoms with Gasteiger partial charge in [0, 0.05) is 52.7 Å². The van der Waals surface area contributed by atoms with Gasteiger partial charge in [0.05, 0.1) is 91.1 Å². The van der Waals surface area contributed by atoms with E-state index in [2.05, 4.69) is 126 Å². The maximum atomic E-state index is 12.3. The van der Waals surface area contributed by atoms with Crippen LogP contribution in [0.15, 0.2) is 87.0 Å². The van der Waals surface area contributed by atoms with Gasteiger partial charge in [-0.1, -0.05) is 47.8 Å². The summed E-state index contributed by atoms with van der Waals surface area (Å²) in [4.78, 5) is 61.6. The topological polar surface area (TPSA) is 292 Å². The number of halogens is 3. The van der Waals surface area contributed by atoms with Crippen molar-refractivity contribution in [3.63, 3.8) is 0 Å². The van der Waals surface area contributed by atoms with E-state index in [1.807, 2.05) is 77.9 Å². The highest BCUT2D eigenvalue weighted by molar-refractivity contribution is 9.11. The standard InChI is InChI=1S/3C18H22BrN5O3/c3*1-11-5-16(27-10-13-8-20-3-4-26-13)15(6-14(11)19)23-18(25)24-17-9-21-12(2)7-22-17/h3*5-7,9,13,20H,3-4,8,10H2,1-2H3,(H2,22,23,24,25)/t3*13-/m000/s1. The van der Waals surface area contributed by atoms with Crippen LogP contribution in [0.3, 0.4) is 0 Å². The summed E-state index contributed by atoms with van der Waals surface area (Å²) in [5.74, 6) is 2.84. The Morgan fingerprint density at radius 2 is 0.728 bits per heavy atom. The molecule has 0 bridgehead atoms. The van der Waals surface area contributed by atoms with E-state index in [4.69, 9.17) is 28.4 Å². The number of hydrogen-bond donors (Lipinski definition) is 9. The Morgan fingerprint density at radius 3 is 0.963 bits per heavy atom. The van der Waals surface area contributed by atoms with Crippen LogP contribution in [-0.4, -0.2) is 145 Å². The Labute approximate surface area is 495 Å². The van der Waals surface area contributed by atoms with Crippen LogP contribution in [0.1, 0.15) is 33.8 Å². The van der Waals surface area contributed by atoms with Crippen LogP contribution in [-0.2, 0) is 14.2 Å². The number of aryl methyl sites for hydroxylation is 6. The highest BCUT2D eigenvalue weighted by Crippen LogP contribution is 2.34. The Kier molecular flexibility index (Phi) is 24.1. The van der Waals surface area contributed by atoms with E-state index in [1.165, 1.54) is 18.6 Å². The molecule has 27 heteroatoms. The SMILES string of the molecule is Cc1cnc(NC(=O)Nc2cc(Br)c(C)cc2OC[C@@H]2CNCCO2)cn1.Cc1cnc(NC(=O)Nc2cc(Br)c(C)cc2OC[C@@H]2CNCCO2)cn1.Cc1cnc(NC(=O)Nc2cc(Br)c(C)cc2OC[C@@H]2CNCCO2)cn1. The lowest BCUT2D eigenvalue weighted by molar-refractivity contribution is 0.000304. The molecular weight excluding hydrogens is 1240 g/mol. The summed E-state index contributed by atoms with van der Waals surface area (Å²) in [7, 11) is 0. The lowest BCUT2D eigenvalue weighted by atomic mass is 10.2. The van der Waals surface area contributed by atoms with Crippen LogP contribution < -0.4 is 62.1 Å². The first-order chi connectivity index (χ1) is 39.0. The van der Waals surface area contributed by atoms with Crippen molar-refractivity contribution < 1.29 is 42.8 Å². The molecule has 0 saturated carbocycles. The molecule has 6 amide bonds. The molecule has 81 heavy (non-hydrogen) atoms. The number of nitrogens with zero attached hydrogens (tertiary/aromatic N) is 6. The Balaban J connectivity index is 0.000000175. The lowest BCUT2D eigenvalue weighted by Gasteiger charge is -2.24. The molecule has 3 aliphatic heterocycles. The molecule has 0 unspecified atom stereocenters. The highest BCUT2D eigenvalue weighted by atomic mass is 79.9. The van der Waals surface area contributed by atoms with Gasteiger partial charge in [-0.05, 0) is 94.6 Å². The van der Waals surface area contributed by atoms with Crippen molar-refractivity contribution in [2.45, 2.75) is 59.9 Å². The molecule has 3 aromatic carbocycles. The Morgan fingerprint density at radius 1 is 0.444 bits per heavy atom. The van der Waals surface area contributed by atoms with Crippen molar-refractivity contribution in [2.75, 3.05) is 111 Å². The van der Waals surface area contributed by atoms with Crippen LogP contribution >= 0.6 is 47.8 Å². The minimum absolute atomic E-state index is 0.0211. The molecular formula is C54H66Br3N15O9. The first kappa shape index (κ1) is 61.9. The number of anilines is 6. The van der Waals surface area contributed by atoms with Crippen molar-refractivity contribution >= 4 is 100 Å². The summed E-state index contributed by atoms with van der Waals surface area (Å²) < 4.78 is 37.3. The van der Waals surface area contributed by atoms with Crippen LogP contribution in [0, 0.1) is 41.5 Å². The number of morpholine rings is 3. The molecule has 3 aliphatic rings. The van der Waals surface area contributed by atoms with Crippen molar-refractivity contribution in [1.29, 1.82) is 0 Å². The number of amides is 6. The molecule has 24 nitrogen and oxygen atoms in total. The number of aromatic nitrogens is 6. The first-order valence-electron chi connectivity index (χ1n) is 25.9. The molecule has 0 aliphatic carbocycles. The fourth-order valence-electron chi connectivity index (χ4n) is 7.53. The highest BCUT2D eigenvalue weighted by Gasteiger charge is 2.21. The van der Waals surface area contributed by atoms with E-state index >= 15 is 0 Å². The third kappa shape index (κ3) is 20.7. The Hall–Kier alpha value is -6.69. The van der Waals surface area contributed by atoms with Gasteiger partial charge in [0.25, 0.3) is 0 Å². The van der Waals surface area contributed by atoms with Crippen molar-refractivity contribution in [3.8, 4) is 17.2 Å².